The third kappa shape index (κ3) is 3.56. The molecule has 3 rings (SSSR count). The van der Waals surface area contributed by atoms with Gasteiger partial charge in [-0.05, 0) is 55.0 Å². The zero-order chi connectivity index (χ0) is 16.3. The van der Waals surface area contributed by atoms with Crippen LogP contribution >= 0.6 is 0 Å². The van der Waals surface area contributed by atoms with Crippen molar-refractivity contribution in [1.29, 1.82) is 0 Å². The summed E-state index contributed by atoms with van der Waals surface area (Å²) in [5.74, 6) is -0.395. The molecule has 1 fully saturated rings. The van der Waals surface area contributed by atoms with Crippen LogP contribution < -0.4 is 16.4 Å². The van der Waals surface area contributed by atoms with Gasteiger partial charge in [-0.15, -0.1) is 0 Å². The van der Waals surface area contributed by atoms with Gasteiger partial charge in [-0.25, -0.2) is 4.39 Å². The zero-order valence-corrected chi connectivity index (χ0v) is 13.6. The van der Waals surface area contributed by atoms with Gasteiger partial charge in [-0.3, -0.25) is 4.79 Å². The summed E-state index contributed by atoms with van der Waals surface area (Å²) in [5, 5.41) is 6.00. The van der Waals surface area contributed by atoms with Crippen molar-refractivity contribution in [2.24, 2.45) is 11.1 Å². The number of carbonyl (C=O) groups excluding carboxylic acids is 1. The first-order chi connectivity index (χ1) is 11.1. The molecule has 1 aromatic carbocycles. The van der Waals surface area contributed by atoms with E-state index in [9.17, 15) is 9.18 Å². The Morgan fingerprint density at radius 2 is 2.09 bits per heavy atom. The van der Waals surface area contributed by atoms with Crippen LogP contribution in [0.4, 0.5) is 10.1 Å². The van der Waals surface area contributed by atoms with Gasteiger partial charge >= 0.3 is 0 Å². The van der Waals surface area contributed by atoms with Crippen LogP contribution in [0.15, 0.2) is 12.1 Å². The predicted molar refractivity (Wildman–Crippen MR) is 89.6 cm³/mol. The number of hydrogen-bond donors (Lipinski definition) is 3. The van der Waals surface area contributed by atoms with Crippen molar-refractivity contribution in [2.75, 3.05) is 18.4 Å². The maximum Gasteiger partial charge on any atom is 0.225 e. The average molecular weight is 319 g/mol. The van der Waals surface area contributed by atoms with Gasteiger partial charge in [-0.2, -0.15) is 0 Å². The van der Waals surface area contributed by atoms with Crippen molar-refractivity contribution < 1.29 is 9.18 Å². The van der Waals surface area contributed by atoms with Gasteiger partial charge in [0.2, 0.25) is 5.91 Å². The molecule has 0 spiro atoms. The summed E-state index contributed by atoms with van der Waals surface area (Å²) in [4.78, 5) is 12.4. The highest BCUT2D eigenvalue weighted by Crippen LogP contribution is 2.38. The van der Waals surface area contributed by atoms with Crippen LogP contribution in [-0.4, -0.2) is 19.0 Å². The third-order valence-corrected chi connectivity index (χ3v) is 5.36. The second-order valence-electron chi connectivity index (χ2n) is 6.98. The summed E-state index contributed by atoms with van der Waals surface area (Å²) in [5.41, 5.74) is 7.86. The number of anilines is 1. The molecule has 0 saturated heterocycles. The van der Waals surface area contributed by atoms with Crippen LogP contribution in [0.1, 0.15) is 49.7 Å². The number of nitrogens with two attached hydrogens (primary N) is 1. The van der Waals surface area contributed by atoms with E-state index in [1.165, 1.54) is 6.42 Å². The van der Waals surface area contributed by atoms with Crippen LogP contribution in [0.5, 0.6) is 0 Å². The minimum absolute atomic E-state index is 0.100. The standard InChI is InChI=1S/C18H26FN3O/c19-17-14-6-9-21-11-13(14)4-5-15(17)22-16(23)10-18(12-20)7-2-1-3-8-18/h4-5,21H,1-3,6-12,20H2,(H,22,23). The molecule has 4 N–H and O–H groups in total. The highest BCUT2D eigenvalue weighted by atomic mass is 19.1. The fourth-order valence-corrected chi connectivity index (χ4v) is 3.92. The Balaban J connectivity index is 1.70. The largest absolute Gasteiger partial charge is 0.330 e. The van der Waals surface area contributed by atoms with E-state index in [1.807, 2.05) is 6.07 Å². The number of benzene rings is 1. The van der Waals surface area contributed by atoms with Crippen molar-refractivity contribution in [3.8, 4) is 0 Å². The fraction of sp³-hybridized carbons (Fsp3) is 0.611. The first kappa shape index (κ1) is 16.4. The van der Waals surface area contributed by atoms with E-state index in [1.54, 1.807) is 6.07 Å². The van der Waals surface area contributed by atoms with Crippen molar-refractivity contribution in [3.63, 3.8) is 0 Å². The maximum atomic E-state index is 14.6. The lowest BCUT2D eigenvalue weighted by atomic mass is 9.71. The summed E-state index contributed by atoms with van der Waals surface area (Å²) < 4.78 is 14.6. The molecule has 0 radical (unpaired) electrons. The first-order valence-corrected chi connectivity index (χ1v) is 8.64. The Morgan fingerprint density at radius 1 is 1.30 bits per heavy atom. The normalized spacial score (nSPS) is 19.9. The van der Waals surface area contributed by atoms with Crippen LogP contribution in [0.2, 0.25) is 0 Å². The molecule has 0 aromatic heterocycles. The Kier molecular flexibility index (Phi) is 4.97. The molecule has 0 atom stereocenters. The monoisotopic (exact) mass is 319 g/mol. The first-order valence-electron chi connectivity index (χ1n) is 8.64. The zero-order valence-electron chi connectivity index (χ0n) is 13.6. The molecule has 1 heterocycles. The smallest absolute Gasteiger partial charge is 0.225 e. The lowest BCUT2D eigenvalue weighted by Gasteiger charge is -2.35. The minimum Gasteiger partial charge on any atom is -0.330 e. The lowest BCUT2D eigenvalue weighted by Crippen LogP contribution is -2.36. The molecule has 1 aliphatic carbocycles. The van der Waals surface area contributed by atoms with Gasteiger partial charge < -0.3 is 16.4 Å². The van der Waals surface area contributed by atoms with Crippen LogP contribution in [0, 0.1) is 11.2 Å². The molecule has 5 heteroatoms. The molecule has 0 bridgehead atoms. The fourth-order valence-electron chi connectivity index (χ4n) is 3.92. The van der Waals surface area contributed by atoms with E-state index in [0.29, 0.717) is 31.6 Å². The number of nitrogens with one attached hydrogen (secondary N) is 2. The van der Waals surface area contributed by atoms with Gasteiger partial charge in [-0.1, -0.05) is 25.3 Å². The van der Waals surface area contributed by atoms with Gasteiger partial charge in [0.15, 0.2) is 0 Å². The van der Waals surface area contributed by atoms with Crippen LogP contribution in [0.3, 0.4) is 0 Å². The predicted octanol–water partition coefficient (Wildman–Crippen LogP) is 2.71. The summed E-state index contributed by atoms with van der Waals surface area (Å²) in [6, 6.07) is 3.58. The molecule has 2 aliphatic rings. The van der Waals surface area contributed by atoms with Crippen molar-refractivity contribution >= 4 is 11.6 Å². The average Bonchev–Trinajstić information content (AvgIpc) is 2.58. The van der Waals surface area contributed by atoms with E-state index in [4.69, 9.17) is 5.73 Å². The molecule has 1 aliphatic heterocycles. The Morgan fingerprint density at radius 3 is 2.83 bits per heavy atom. The van der Waals surface area contributed by atoms with Crippen molar-refractivity contribution in [2.45, 2.75) is 51.5 Å². The van der Waals surface area contributed by atoms with E-state index in [2.05, 4.69) is 10.6 Å². The van der Waals surface area contributed by atoms with Crippen LogP contribution in [0.25, 0.3) is 0 Å². The summed E-state index contributed by atoms with van der Waals surface area (Å²) in [6.45, 7) is 1.99. The minimum atomic E-state index is -0.275. The lowest BCUT2D eigenvalue weighted by molar-refractivity contribution is -0.118. The topological polar surface area (TPSA) is 67.2 Å². The van der Waals surface area contributed by atoms with Gasteiger partial charge in [0, 0.05) is 13.0 Å². The molecule has 126 valence electrons. The molecule has 1 amide bonds. The second-order valence-corrected chi connectivity index (χ2v) is 6.98. The highest BCUT2D eigenvalue weighted by molar-refractivity contribution is 5.91. The molecule has 1 saturated carbocycles. The molecular formula is C18H26FN3O. The quantitative estimate of drug-likeness (QED) is 0.799. The molecule has 4 nitrogen and oxygen atoms in total. The van der Waals surface area contributed by atoms with Gasteiger partial charge in [0.25, 0.3) is 0 Å². The van der Waals surface area contributed by atoms with Crippen molar-refractivity contribution in [3.05, 3.63) is 29.1 Å². The summed E-state index contributed by atoms with van der Waals surface area (Å²) in [6.07, 6.45) is 6.52. The van der Waals surface area contributed by atoms with Crippen LogP contribution in [-0.2, 0) is 17.8 Å². The molecule has 0 unspecified atom stereocenters. The number of amides is 1. The van der Waals surface area contributed by atoms with E-state index < -0.39 is 0 Å². The van der Waals surface area contributed by atoms with Gasteiger partial charge in [0.05, 0.1) is 5.69 Å². The third-order valence-electron chi connectivity index (χ3n) is 5.36. The van der Waals surface area contributed by atoms with E-state index in [0.717, 1.165) is 43.4 Å². The Hall–Kier alpha value is -1.46. The second kappa shape index (κ2) is 6.97. The van der Waals surface area contributed by atoms with Gasteiger partial charge in [0.1, 0.15) is 5.82 Å². The number of carbonyl (C=O) groups is 1. The molecular weight excluding hydrogens is 293 g/mol. The number of fused-ring (bicyclic) bond motifs is 1. The van der Waals surface area contributed by atoms with E-state index >= 15 is 0 Å². The highest BCUT2D eigenvalue weighted by Gasteiger charge is 2.33. The maximum absolute atomic E-state index is 14.6. The number of halogens is 1. The summed E-state index contributed by atoms with van der Waals surface area (Å²) >= 11 is 0. The number of hydrogen-bond acceptors (Lipinski definition) is 3. The Labute approximate surface area is 137 Å². The SMILES string of the molecule is NCC1(CC(=O)Nc2ccc3c(c2F)CCNC3)CCCCC1. The van der Waals surface area contributed by atoms with E-state index in [-0.39, 0.29) is 17.1 Å². The number of rotatable bonds is 4. The molecule has 23 heavy (non-hydrogen) atoms. The summed E-state index contributed by atoms with van der Waals surface area (Å²) in [7, 11) is 0. The molecule has 1 aromatic rings. The Bertz CT molecular complexity index is 582. The van der Waals surface area contributed by atoms with Crippen molar-refractivity contribution in [1.82, 2.24) is 5.32 Å².